The number of ether oxygens (including phenoxy) is 3. The molecule has 6 nitrogen and oxygen atoms in total. The lowest BCUT2D eigenvalue weighted by atomic mass is 10.0. The zero-order valence-corrected chi connectivity index (χ0v) is 45.9. The third-order valence-corrected chi connectivity index (χ3v) is 13.7. The summed E-state index contributed by atoms with van der Waals surface area (Å²) in [6.07, 6.45) is 67.5. The lowest BCUT2D eigenvalue weighted by molar-refractivity contribution is -0.167. The second-order valence-electron chi connectivity index (χ2n) is 20.6. The van der Waals surface area contributed by atoms with Crippen molar-refractivity contribution in [3.63, 3.8) is 0 Å². The first kappa shape index (κ1) is 65.9. The molecule has 0 rings (SSSR count). The molecule has 0 saturated heterocycles. The average molecular weight is 958 g/mol. The van der Waals surface area contributed by atoms with E-state index >= 15 is 0 Å². The van der Waals surface area contributed by atoms with Crippen LogP contribution in [-0.4, -0.2) is 37.2 Å². The minimum Gasteiger partial charge on any atom is -0.462 e. The van der Waals surface area contributed by atoms with E-state index < -0.39 is 6.10 Å². The van der Waals surface area contributed by atoms with E-state index in [1.807, 2.05) is 0 Å². The fourth-order valence-corrected chi connectivity index (χ4v) is 9.12. The zero-order chi connectivity index (χ0) is 49.3. The normalized spacial score (nSPS) is 12.1. The Kier molecular flexibility index (Phi) is 55.7. The number of rotatable bonds is 56. The summed E-state index contributed by atoms with van der Waals surface area (Å²) in [5.41, 5.74) is 0. The maximum Gasteiger partial charge on any atom is 0.306 e. The van der Waals surface area contributed by atoms with Crippen molar-refractivity contribution in [1.29, 1.82) is 0 Å². The molecule has 400 valence electrons. The number of hydrogen-bond acceptors (Lipinski definition) is 6. The minimum atomic E-state index is -0.770. The van der Waals surface area contributed by atoms with E-state index in [4.69, 9.17) is 14.2 Å². The maximum absolute atomic E-state index is 12.9. The molecule has 0 aromatic heterocycles. The number of allylic oxidation sites excluding steroid dienone is 4. The van der Waals surface area contributed by atoms with Crippen LogP contribution in [0.1, 0.15) is 335 Å². The molecule has 0 aliphatic rings. The highest BCUT2D eigenvalue weighted by Crippen LogP contribution is 2.17. The van der Waals surface area contributed by atoms with Crippen LogP contribution in [0.2, 0.25) is 0 Å². The van der Waals surface area contributed by atoms with Crippen molar-refractivity contribution in [2.75, 3.05) is 13.2 Å². The largest absolute Gasteiger partial charge is 0.462 e. The van der Waals surface area contributed by atoms with E-state index in [0.717, 1.165) is 70.6 Å². The molecule has 6 heteroatoms. The lowest BCUT2D eigenvalue weighted by Crippen LogP contribution is -2.30. The van der Waals surface area contributed by atoms with Crippen LogP contribution >= 0.6 is 0 Å². The molecule has 68 heavy (non-hydrogen) atoms. The van der Waals surface area contributed by atoms with Crippen LogP contribution in [-0.2, 0) is 28.6 Å². The Bertz CT molecular complexity index is 1100. The molecule has 0 aliphatic carbocycles. The average Bonchev–Trinajstić information content (AvgIpc) is 3.34. The lowest BCUT2D eigenvalue weighted by Gasteiger charge is -2.18. The van der Waals surface area contributed by atoms with Gasteiger partial charge in [-0.3, -0.25) is 14.4 Å². The van der Waals surface area contributed by atoms with Gasteiger partial charge in [0.05, 0.1) is 0 Å². The summed E-state index contributed by atoms with van der Waals surface area (Å²) in [5.74, 6) is -0.854. The van der Waals surface area contributed by atoms with E-state index in [1.54, 1.807) is 0 Å². The van der Waals surface area contributed by atoms with Crippen molar-refractivity contribution >= 4 is 17.9 Å². The SMILES string of the molecule is CCCCCC/C=C\C/C=C\CCCCCCCCCC(=O)OC(COC(=O)CCCCCCCCCCCCC)COC(=O)CCCCCCCCCCCCCCCCCCCCCCC. The van der Waals surface area contributed by atoms with Crippen molar-refractivity contribution in [1.82, 2.24) is 0 Å². The highest BCUT2D eigenvalue weighted by atomic mass is 16.6. The molecule has 0 radical (unpaired) electrons. The highest BCUT2D eigenvalue weighted by Gasteiger charge is 2.19. The minimum absolute atomic E-state index is 0.0689. The molecule has 0 bridgehead atoms. The molecule has 0 amide bonds. The number of carbonyl (C=O) groups is 3. The topological polar surface area (TPSA) is 78.9 Å². The predicted molar refractivity (Wildman–Crippen MR) is 293 cm³/mol. The number of esters is 3. The van der Waals surface area contributed by atoms with Crippen molar-refractivity contribution in [3.05, 3.63) is 24.3 Å². The van der Waals surface area contributed by atoms with Gasteiger partial charge in [-0.2, -0.15) is 0 Å². The first-order chi connectivity index (χ1) is 33.5. The van der Waals surface area contributed by atoms with Crippen LogP contribution in [0, 0.1) is 0 Å². The van der Waals surface area contributed by atoms with Gasteiger partial charge in [0.1, 0.15) is 13.2 Å². The Balaban J connectivity index is 4.26. The Morgan fingerprint density at radius 2 is 0.529 bits per heavy atom. The van der Waals surface area contributed by atoms with E-state index in [-0.39, 0.29) is 31.1 Å². The van der Waals surface area contributed by atoms with Crippen molar-refractivity contribution in [3.8, 4) is 0 Å². The maximum atomic E-state index is 12.9. The number of hydrogen-bond donors (Lipinski definition) is 0. The van der Waals surface area contributed by atoms with E-state index in [1.165, 1.54) is 225 Å². The van der Waals surface area contributed by atoms with Gasteiger partial charge in [0.2, 0.25) is 0 Å². The van der Waals surface area contributed by atoms with Gasteiger partial charge in [-0.1, -0.05) is 289 Å². The molecule has 1 unspecified atom stereocenters. The monoisotopic (exact) mass is 957 g/mol. The molecule has 0 aromatic rings. The molecule has 0 fully saturated rings. The van der Waals surface area contributed by atoms with Gasteiger partial charge in [-0.05, 0) is 51.4 Å². The van der Waals surface area contributed by atoms with Crippen molar-refractivity contribution < 1.29 is 28.6 Å². The Labute approximate surface area is 423 Å². The highest BCUT2D eigenvalue weighted by molar-refractivity contribution is 5.71. The smallest absolute Gasteiger partial charge is 0.306 e. The fraction of sp³-hybridized carbons (Fsp3) is 0.887. The summed E-state index contributed by atoms with van der Waals surface area (Å²) < 4.78 is 16.9. The summed E-state index contributed by atoms with van der Waals surface area (Å²) in [7, 11) is 0. The van der Waals surface area contributed by atoms with Gasteiger partial charge in [-0.25, -0.2) is 0 Å². The van der Waals surface area contributed by atoms with Crippen LogP contribution < -0.4 is 0 Å². The number of unbranched alkanes of at least 4 members (excludes halogenated alkanes) is 41. The molecule has 0 aromatic carbocycles. The van der Waals surface area contributed by atoms with E-state index in [9.17, 15) is 14.4 Å². The number of carbonyl (C=O) groups excluding carboxylic acids is 3. The van der Waals surface area contributed by atoms with Crippen LogP contribution in [0.3, 0.4) is 0 Å². The van der Waals surface area contributed by atoms with E-state index in [0.29, 0.717) is 19.3 Å². The second kappa shape index (κ2) is 57.5. The van der Waals surface area contributed by atoms with Crippen LogP contribution in [0.15, 0.2) is 24.3 Å². The Morgan fingerprint density at radius 3 is 0.824 bits per heavy atom. The van der Waals surface area contributed by atoms with Gasteiger partial charge in [0.25, 0.3) is 0 Å². The van der Waals surface area contributed by atoms with E-state index in [2.05, 4.69) is 45.1 Å². The molecule has 1 atom stereocenters. The summed E-state index contributed by atoms with van der Waals surface area (Å²) in [4.78, 5) is 38.2. The predicted octanol–water partition coefficient (Wildman–Crippen LogP) is 20.3. The molecular formula is C62H116O6. The molecule has 0 saturated carbocycles. The molecule has 0 spiro atoms. The molecule has 0 N–H and O–H groups in total. The summed E-state index contributed by atoms with van der Waals surface area (Å²) >= 11 is 0. The Morgan fingerprint density at radius 1 is 0.294 bits per heavy atom. The third-order valence-electron chi connectivity index (χ3n) is 13.7. The van der Waals surface area contributed by atoms with Gasteiger partial charge >= 0.3 is 17.9 Å². The quantitative estimate of drug-likeness (QED) is 0.0262. The summed E-state index contributed by atoms with van der Waals surface area (Å²) in [6, 6.07) is 0. The van der Waals surface area contributed by atoms with Crippen LogP contribution in [0.4, 0.5) is 0 Å². The fourth-order valence-electron chi connectivity index (χ4n) is 9.12. The molecule has 0 heterocycles. The first-order valence-electron chi connectivity index (χ1n) is 30.3. The third kappa shape index (κ3) is 54.8. The van der Waals surface area contributed by atoms with Crippen molar-refractivity contribution in [2.45, 2.75) is 341 Å². The zero-order valence-electron chi connectivity index (χ0n) is 45.9. The van der Waals surface area contributed by atoms with Gasteiger partial charge in [0, 0.05) is 19.3 Å². The molecule has 0 aliphatic heterocycles. The first-order valence-corrected chi connectivity index (χ1v) is 30.3. The van der Waals surface area contributed by atoms with Gasteiger partial charge in [0.15, 0.2) is 6.10 Å². The summed E-state index contributed by atoms with van der Waals surface area (Å²) in [6.45, 7) is 6.67. The molecular weight excluding hydrogens is 841 g/mol. The van der Waals surface area contributed by atoms with Gasteiger partial charge < -0.3 is 14.2 Å². The second-order valence-corrected chi connectivity index (χ2v) is 20.6. The Hall–Kier alpha value is -2.11. The summed E-state index contributed by atoms with van der Waals surface area (Å²) in [5, 5.41) is 0. The van der Waals surface area contributed by atoms with Crippen molar-refractivity contribution in [2.24, 2.45) is 0 Å². The van der Waals surface area contributed by atoms with Crippen LogP contribution in [0.25, 0.3) is 0 Å². The van der Waals surface area contributed by atoms with Gasteiger partial charge in [-0.15, -0.1) is 0 Å². The van der Waals surface area contributed by atoms with Crippen LogP contribution in [0.5, 0.6) is 0 Å². The standard InChI is InChI=1S/C62H116O6/c1-4-7-10-13-16-19-22-24-26-28-30-31-32-34-35-37-40-43-46-49-52-55-61(64)67-58-59(57-66-60(63)54-51-48-45-42-39-21-18-15-12-9-6-3)68-62(65)56-53-50-47-44-41-38-36-33-29-27-25-23-20-17-14-11-8-5-2/h20,23,27,29,59H,4-19,21-22,24-26,28,30-58H2,1-3H3/b23-20-,29-27-.